The highest BCUT2D eigenvalue weighted by Gasteiger charge is 2.15. The lowest BCUT2D eigenvalue weighted by molar-refractivity contribution is 0.0695. The summed E-state index contributed by atoms with van der Waals surface area (Å²) < 4.78 is 1.72. The number of carboxylic acids is 1. The minimum Gasteiger partial charge on any atom is -0.477 e. The molecule has 0 aliphatic heterocycles. The van der Waals surface area contributed by atoms with E-state index in [0.29, 0.717) is 29.0 Å². The lowest BCUT2D eigenvalue weighted by Crippen LogP contribution is -2.23. The second-order valence-electron chi connectivity index (χ2n) is 4.81. The number of carbonyl (C=O) groups is 1. The lowest BCUT2D eigenvalue weighted by Gasteiger charge is -2.16. The van der Waals surface area contributed by atoms with E-state index >= 15 is 0 Å². The maximum absolute atomic E-state index is 12.1. The Bertz CT molecular complexity index is 722. The van der Waals surface area contributed by atoms with Crippen molar-refractivity contribution in [2.45, 2.75) is 6.54 Å². The number of pyridine rings is 1. The van der Waals surface area contributed by atoms with Crippen molar-refractivity contribution in [3.05, 3.63) is 45.2 Å². The van der Waals surface area contributed by atoms with Crippen LogP contribution in [-0.4, -0.2) is 41.2 Å². The quantitative estimate of drug-likeness (QED) is 0.936. The van der Waals surface area contributed by atoms with E-state index in [1.54, 1.807) is 22.8 Å². The van der Waals surface area contributed by atoms with Crippen LogP contribution in [0, 0.1) is 0 Å². The van der Waals surface area contributed by atoms with Gasteiger partial charge < -0.3 is 14.6 Å². The molecule has 106 valence electrons. The average molecular weight is 295 g/mol. The van der Waals surface area contributed by atoms with Crippen molar-refractivity contribution >= 4 is 28.5 Å². The molecule has 0 spiro atoms. The van der Waals surface area contributed by atoms with E-state index < -0.39 is 11.4 Å². The summed E-state index contributed by atoms with van der Waals surface area (Å²) in [6.07, 6.45) is 1.36. The summed E-state index contributed by atoms with van der Waals surface area (Å²) in [5.74, 6) is -1.23. The van der Waals surface area contributed by atoms with Gasteiger partial charge in [0.2, 0.25) is 5.43 Å². The van der Waals surface area contributed by atoms with Crippen LogP contribution < -0.4 is 5.43 Å². The van der Waals surface area contributed by atoms with Crippen molar-refractivity contribution in [2.75, 3.05) is 20.6 Å². The normalized spacial score (nSPS) is 11.2. The van der Waals surface area contributed by atoms with Crippen LogP contribution in [0.25, 0.3) is 10.9 Å². The molecule has 5 nitrogen and oxygen atoms in total. The number of para-hydroxylation sites is 1. The molecule has 1 heterocycles. The summed E-state index contributed by atoms with van der Waals surface area (Å²) in [6, 6.07) is 4.94. The Balaban J connectivity index is 2.73. The molecular weight excluding hydrogens is 280 g/mol. The van der Waals surface area contributed by atoms with Crippen molar-refractivity contribution in [1.82, 2.24) is 9.47 Å². The predicted octanol–water partition coefficient (Wildman–Crippen LogP) is 1.91. The number of hydrogen-bond donors (Lipinski definition) is 1. The first kappa shape index (κ1) is 14.6. The van der Waals surface area contributed by atoms with Gasteiger partial charge in [0.05, 0.1) is 10.5 Å². The second-order valence-corrected chi connectivity index (χ2v) is 5.22. The van der Waals surface area contributed by atoms with Gasteiger partial charge in [0.15, 0.2) is 0 Å². The number of benzene rings is 1. The summed E-state index contributed by atoms with van der Waals surface area (Å²) in [6.45, 7) is 1.26. The fraction of sp³-hybridized carbons (Fsp3) is 0.286. The summed E-state index contributed by atoms with van der Waals surface area (Å²) >= 11 is 6.16. The van der Waals surface area contributed by atoms with Crippen LogP contribution >= 0.6 is 11.6 Å². The van der Waals surface area contributed by atoms with Crippen LogP contribution in [-0.2, 0) is 6.54 Å². The molecule has 0 fully saturated rings. The van der Waals surface area contributed by atoms with Crippen molar-refractivity contribution < 1.29 is 9.90 Å². The van der Waals surface area contributed by atoms with Crippen LogP contribution in [0.15, 0.2) is 29.2 Å². The molecule has 2 aromatic rings. The monoisotopic (exact) mass is 294 g/mol. The highest BCUT2D eigenvalue weighted by molar-refractivity contribution is 6.35. The highest BCUT2D eigenvalue weighted by Crippen LogP contribution is 2.21. The number of carboxylic acid groups (broad SMARTS) is 1. The maximum atomic E-state index is 12.1. The molecule has 20 heavy (non-hydrogen) atoms. The molecule has 1 aromatic heterocycles. The first-order chi connectivity index (χ1) is 9.41. The van der Waals surface area contributed by atoms with E-state index in [0.717, 1.165) is 0 Å². The Labute approximate surface area is 121 Å². The number of fused-ring (bicyclic) bond motifs is 1. The molecule has 0 unspecified atom stereocenters. The predicted molar refractivity (Wildman–Crippen MR) is 78.7 cm³/mol. The van der Waals surface area contributed by atoms with E-state index in [9.17, 15) is 9.59 Å². The molecule has 1 N–H and O–H groups in total. The van der Waals surface area contributed by atoms with E-state index in [2.05, 4.69) is 0 Å². The fourth-order valence-corrected chi connectivity index (χ4v) is 2.33. The van der Waals surface area contributed by atoms with Crippen LogP contribution in [0.1, 0.15) is 10.4 Å². The Morgan fingerprint density at radius 3 is 2.70 bits per heavy atom. The molecule has 0 amide bonds. The van der Waals surface area contributed by atoms with Gasteiger partial charge in [0.1, 0.15) is 5.56 Å². The summed E-state index contributed by atoms with van der Waals surface area (Å²) in [4.78, 5) is 25.3. The van der Waals surface area contributed by atoms with Crippen molar-refractivity contribution in [2.24, 2.45) is 0 Å². The number of nitrogens with zero attached hydrogens (tertiary/aromatic N) is 2. The molecule has 0 saturated carbocycles. The lowest BCUT2D eigenvalue weighted by atomic mass is 10.1. The van der Waals surface area contributed by atoms with Gasteiger partial charge in [0, 0.05) is 24.7 Å². The summed E-state index contributed by atoms with van der Waals surface area (Å²) in [7, 11) is 3.84. The van der Waals surface area contributed by atoms with Gasteiger partial charge >= 0.3 is 5.97 Å². The Kier molecular flexibility index (Phi) is 4.11. The third-order valence-electron chi connectivity index (χ3n) is 3.07. The fourth-order valence-electron chi connectivity index (χ4n) is 2.05. The van der Waals surface area contributed by atoms with Gasteiger partial charge in [-0.3, -0.25) is 4.79 Å². The molecule has 1 aromatic carbocycles. The number of likely N-dealkylation sites (N-methyl/N-ethyl adjacent to an activating group) is 1. The Morgan fingerprint density at radius 2 is 2.10 bits per heavy atom. The first-order valence-electron chi connectivity index (χ1n) is 6.11. The zero-order valence-corrected chi connectivity index (χ0v) is 12.0. The summed E-state index contributed by atoms with van der Waals surface area (Å²) in [5.41, 5.74) is -0.166. The number of rotatable bonds is 4. The number of aromatic carboxylic acids is 1. The largest absolute Gasteiger partial charge is 0.477 e. The molecule has 0 atom stereocenters. The number of hydrogen-bond acceptors (Lipinski definition) is 3. The van der Waals surface area contributed by atoms with Gasteiger partial charge in [-0.2, -0.15) is 0 Å². The smallest absolute Gasteiger partial charge is 0.341 e. The second kappa shape index (κ2) is 5.64. The SMILES string of the molecule is CN(C)CCn1cc(C(=O)O)c(=O)c2cccc(Cl)c21. The van der Waals surface area contributed by atoms with E-state index in [4.69, 9.17) is 16.7 Å². The van der Waals surface area contributed by atoms with Crippen molar-refractivity contribution in [3.8, 4) is 0 Å². The minimum atomic E-state index is -1.23. The van der Waals surface area contributed by atoms with Crippen LogP contribution in [0.4, 0.5) is 0 Å². The molecule has 0 aliphatic carbocycles. The molecule has 0 aliphatic rings. The van der Waals surface area contributed by atoms with Gasteiger partial charge in [-0.1, -0.05) is 17.7 Å². The van der Waals surface area contributed by atoms with Crippen molar-refractivity contribution in [3.63, 3.8) is 0 Å². The molecule has 2 rings (SSSR count). The molecule has 0 saturated heterocycles. The Hall–Kier alpha value is -1.85. The highest BCUT2D eigenvalue weighted by atomic mass is 35.5. The van der Waals surface area contributed by atoms with Crippen LogP contribution in [0.3, 0.4) is 0 Å². The average Bonchev–Trinajstić information content (AvgIpc) is 2.38. The van der Waals surface area contributed by atoms with Crippen molar-refractivity contribution in [1.29, 1.82) is 0 Å². The molecular formula is C14H15ClN2O3. The molecule has 0 radical (unpaired) electrons. The van der Waals surface area contributed by atoms with Gasteiger partial charge in [-0.05, 0) is 26.2 Å². The number of aromatic nitrogens is 1. The molecule has 6 heteroatoms. The third kappa shape index (κ3) is 2.69. The maximum Gasteiger partial charge on any atom is 0.341 e. The third-order valence-corrected chi connectivity index (χ3v) is 3.37. The summed E-state index contributed by atoms with van der Waals surface area (Å²) in [5, 5.41) is 9.91. The molecule has 0 bridgehead atoms. The zero-order valence-electron chi connectivity index (χ0n) is 11.3. The van der Waals surface area contributed by atoms with E-state index in [-0.39, 0.29) is 5.56 Å². The van der Waals surface area contributed by atoms with Gasteiger partial charge in [-0.15, -0.1) is 0 Å². The van der Waals surface area contributed by atoms with E-state index in [1.165, 1.54) is 6.20 Å². The zero-order chi connectivity index (χ0) is 14.9. The Morgan fingerprint density at radius 1 is 1.40 bits per heavy atom. The minimum absolute atomic E-state index is 0.237. The topological polar surface area (TPSA) is 62.5 Å². The first-order valence-corrected chi connectivity index (χ1v) is 6.49. The van der Waals surface area contributed by atoms with E-state index in [1.807, 2.05) is 19.0 Å². The number of halogens is 1. The van der Waals surface area contributed by atoms with Crippen LogP contribution in [0.2, 0.25) is 5.02 Å². The van der Waals surface area contributed by atoms with Gasteiger partial charge in [0.25, 0.3) is 0 Å². The van der Waals surface area contributed by atoms with Gasteiger partial charge in [-0.25, -0.2) is 4.79 Å². The van der Waals surface area contributed by atoms with Crippen LogP contribution in [0.5, 0.6) is 0 Å². The standard InChI is InChI=1S/C14H15ClN2O3/c1-16(2)6-7-17-8-10(14(19)20)13(18)9-4-3-5-11(15)12(9)17/h3-5,8H,6-7H2,1-2H3,(H,19,20).